The molecule has 1 atom stereocenters. The molecule has 0 aliphatic carbocycles. The van der Waals surface area contributed by atoms with Gasteiger partial charge in [-0.1, -0.05) is 51.1 Å². The van der Waals surface area contributed by atoms with Crippen molar-refractivity contribution in [3.05, 3.63) is 60.2 Å². The van der Waals surface area contributed by atoms with Crippen molar-refractivity contribution in [1.82, 2.24) is 10.6 Å². The third-order valence-electron chi connectivity index (χ3n) is 4.18. The normalized spacial score (nSPS) is 12.0. The van der Waals surface area contributed by atoms with Gasteiger partial charge < -0.3 is 20.7 Å². The molecule has 2 rings (SSSR count). The Labute approximate surface area is 173 Å². The third-order valence-corrected chi connectivity index (χ3v) is 4.18. The Hall–Kier alpha value is -3.02. The number of amides is 3. The number of nitrogens with one attached hydrogen (secondary N) is 3. The molecule has 29 heavy (non-hydrogen) atoms. The van der Waals surface area contributed by atoms with Crippen LogP contribution in [0, 0.1) is 5.41 Å². The lowest BCUT2D eigenvalue weighted by molar-refractivity contribution is -0.122. The predicted molar refractivity (Wildman–Crippen MR) is 116 cm³/mol. The minimum absolute atomic E-state index is 0.0351. The zero-order valence-electron chi connectivity index (χ0n) is 17.6. The van der Waals surface area contributed by atoms with Gasteiger partial charge in [-0.15, -0.1) is 0 Å². The lowest BCUT2D eigenvalue weighted by Gasteiger charge is -2.27. The van der Waals surface area contributed by atoms with Gasteiger partial charge in [-0.2, -0.15) is 0 Å². The van der Waals surface area contributed by atoms with Gasteiger partial charge in [-0.3, -0.25) is 4.79 Å². The lowest BCUT2D eigenvalue weighted by atomic mass is 9.85. The first kappa shape index (κ1) is 22.3. The van der Waals surface area contributed by atoms with E-state index < -0.39 is 0 Å². The average Bonchev–Trinajstić information content (AvgIpc) is 2.67. The summed E-state index contributed by atoms with van der Waals surface area (Å²) < 4.78 is 5.42. The summed E-state index contributed by atoms with van der Waals surface area (Å²) in [6.45, 7) is 8.85. The molecule has 3 amide bonds. The fraction of sp³-hybridized carbons (Fsp3) is 0.391. The predicted octanol–water partition coefficient (Wildman–Crippen LogP) is 4.50. The second kappa shape index (κ2) is 10.5. The molecular formula is C23H31N3O3. The van der Waals surface area contributed by atoms with Gasteiger partial charge in [0, 0.05) is 12.2 Å². The molecule has 6 heteroatoms. The monoisotopic (exact) mass is 397 g/mol. The molecule has 0 fully saturated rings. The van der Waals surface area contributed by atoms with Crippen LogP contribution in [0.1, 0.15) is 45.7 Å². The van der Waals surface area contributed by atoms with Crippen molar-refractivity contribution in [2.24, 2.45) is 5.41 Å². The molecule has 0 aliphatic rings. The van der Waals surface area contributed by atoms with E-state index in [1.807, 2.05) is 37.3 Å². The Bertz CT molecular complexity index is 783. The van der Waals surface area contributed by atoms with E-state index in [1.54, 1.807) is 24.3 Å². The van der Waals surface area contributed by atoms with Gasteiger partial charge in [0.2, 0.25) is 0 Å². The van der Waals surface area contributed by atoms with Crippen LogP contribution < -0.4 is 20.7 Å². The molecular weight excluding hydrogens is 366 g/mol. The summed E-state index contributed by atoms with van der Waals surface area (Å²) in [5.41, 5.74) is 1.79. The first-order valence-electron chi connectivity index (χ1n) is 9.89. The van der Waals surface area contributed by atoms with E-state index in [0.29, 0.717) is 18.0 Å². The molecule has 0 aliphatic heterocycles. The molecule has 0 heterocycles. The van der Waals surface area contributed by atoms with Gasteiger partial charge in [0.1, 0.15) is 5.75 Å². The van der Waals surface area contributed by atoms with Gasteiger partial charge in [0.05, 0.1) is 6.04 Å². The number of carbonyl (C=O) groups is 2. The Morgan fingerprint density at radius 2 is 1.66 bits per heavy atom. The van der Waals surface area contributed by atoms with Crippen molar-refractivity contribution >= 4 is 17.6 Å². The van der Waals surface area contributed by atoms with Crippen molar-refractivity contribution in [2.45, 2.75) is 40.2 Å². The van der Waals surface area contributed by atoms with Crippen molar-refractivity contribution in [2.75, 3.05) is 18.5 Å². The highest BCUT2D eigenvalue weighted by Crippen LogP contribution is 2.29. The highest BCUT2D eigenvalue weighted by Gasteiger charge is 2.22. The zero-order valence-corrected chi connectivity index (χ0v) is 17.6. The van der Waals surface area contributed by atoms with E-state index in [4.69, 9.17) is 4.74 Å². The molecule has 3 N–H and O–H groups in total. The van der Waals surface area contributed by atoms with Gasteiger partial charge >= 0.3 is 6.03 Å². The summed E-state index contributed by atoms with van der Waals surface area (Å²) >= 11 is 0. The molecule has 0 radical (unpaired) electrons. The van der Waals surface area contributed by atoms with E-state index in [1.165, 1.54) is 0 Å². The summed E-state index contributed by atoms with van der Waals surface area (Å²) in [7, 11) is 0. The van der Waals surface area contributed by atoms with Crippen LogP contribution in [-0.2, 0) is 4.79 Å². The highest BCUT2D eigenvalue weighted by atomic mass is 16.5. The number of anilines is 1. The fourth-order valence-electron chi connectivity index (χ4n) is 2.91. The first-order valence-corrected chi connectivity index (χ1v) is 9.89. The van der Waals surface area contributed by atoms with Crippen molar-refractivity contribution in [3.63, 3.8) is 0 Å². The molecule has 2 aromatic carbocycles. The molecule has 156 valence electrons. The summed E-state index contributed by atoms with van der Waals surface area (Å²) in [5, 5.41) is 8.60. The van der Waals surface area contributed by atoms with E-state index in [9.17, 15) is 9.59 Å². The SMILES string of the molecule is CCNC(=O)COc1ccc(NC(=O)NC(CC(C)(C)C)c2ccccc2)cc1. The van der Waals surface area contributed by atoms with E-state index in [-0.39, 0.29) is 30.0 Å². The number of carbonyl (C=O) groups excluding carboxylic acids is 2. The van der Waals surface area contributed by atoms with Crippen LogP contribution in [0.4, 0.5) is 10.5 Å². The maximum Gasteiger partial charge on any atom is 0.319 e. The van der Waals surface area contributed by atoms with Gasteiger partial charge in [0.15, 0.2) is 6.61 Å². The van der Waals surface area contributed by atoms with Crippen molar-refractivity contribution in [1.29, 1.82) is 0 Å². The number of benzene rings is 2. The Balaban J connectivity index is 1.94. The quantitative estimate of drug-likeness (QED) is 0.613. The summed E-state index contributed by atoms with van der Waals surface area (Å²) in [6.07, 6.45) is 0.817. The maximum atomic E-state index is 12.5. The molecule has 6 nitrogen and oxygen atoms in total. The number of hydrogen-bond donors (Lipinski definition) is 3. The molecule has 1 unspecified atom stereocenters. The summed E-state index contributed by atoms with van der Waals surface area (Å²) in [5.74, 6) is 0.400. The molecule has 2 aromatic rings. The minimum Gasteiger partial charge on any atom is -0.484 e. The fourth-order valence-corrected chi connectivity index (χ4v) is 2.91. The zero-order chi connectivity index (χ0) is 21.3. The Morgan fingerprint density at radius 3 is 2.24 bits per heavy atom. The van der Waals surface area contributed by atoms with Crippen LogP contribution >= 0.6 is 0 Å². The number of ether oxygens (including phenoxy) is 1. The number of likely N-dealkylation sites (N-methyl/N-ethyl adjacent to an activating group) is 1. The Morgan fingerprint density at radius 1 is 1.00 bits per heavy atom. The Kier molecular flexibility index (Phi) is 8.07. The van der Waals surface area contributed by atoms with Crippen molar-refractivity contribution in [3.8, 4) is 5.75 Å². The van der Waals surface area contributed by atoms with Gasteiger partial charge in [0.25, 0.3) is 5.91 Å². The number of rotatable bonds is 8. The van der Waals surface area contributed by atoms with Crippen LogP contribution in [-0.4, -0.2) is 25.1 Å². The largest absolute Gasteiger partial charge is 0.484 e. The molecule has 0 aromatic heterocycles. The van der Waals surface area contributed by atoms with Crippen LogP contribution in [0.2, 0.25) is 0 Å². The second-order valence-electron chi connectivity index (χ2n) is 8.09. The smallest absolute Gasteiger partial charge is 0.319 e. The second-order valence-corrected chi connectivity index (χ2v) is 8.09. The standard InChI is InChI=1S/C23H31N3O3/c1-5-24-21(27)16-29-19-13-11-18(12-14-19)25-22(28)26-20(15-23(2,3)4)17-9-7-6-8-10-17/h6-14,20H,5,15-16H2,1-4H3,(H,24,27)(H2,25,26,28). The molecule has 0 saturated carbocycles. The van der Waals surface area contributed by atoms with Crippen LogP contribution in [0.3, 0.4) is 0 Å². The average molecular weight is 398 g/mol. The maximum absolute atomic E-state index is 12.5. The van der Waals surface area contributed by atoms with Crippen LogP contribution in [0.5, 0.6) is 5.75 Å². The van der Waals surface area contributed by atoms with E-state index in [2.05, 4.69) is 36.7 Å². The van der Waals surface area contributed by atoms with E-state index >= 15 is 0 Å². The van der Waals surface area contributed by atoms with Gasteiger partial charge in [-0.05, 0) is 48.6 Å². The topological polar surface area (TPSA) is 79.5 Å². The lowest BCUT2D eigenvalue weighted by Crippen LogP contribution is -2.34. The van der Waals surface area contributed by atoms with Crippen LogP contribution in [0.25, 0.3) is 0 Å². The third kappa shape index (κ3) is 8.25. The van der Waals surface area contributed by atoms with Crippen molar-refractivity contribution < 1.29 is 14.3 Å². The molecule has 0 bridgehead atoms. The van der Waals surface area contributed by atoms with Gasteiger partial charge in [-0.25, -0.2) is 4.79 Å². The first-order chi connectivity index (χ1) is 13.8. The number of hydrogen-bond acceptors (Lipinski definition) is 3. The summed E-state index contributed by atoms with van der Waals surface area (Å²) in [4.78, 5) is 24.0. The number of urea groups is 1. The minimum atomic E-state index is -0.265. The van der Waals surface area contributed by atoms with E-state index in [0.717, 1.165) is 12.0 Å². The molecule has 0 saturated heterocycles. The highest BCUT2D eigenvalue weighted by molar-refractivity contribution is 5.89. The van der Waals surface area contributed by atoms with Crippen LogP contribution in [0.15, 0.2) is 54.6 Å². The summed E-state index contributed by atoms with van der Waals surface area (Å²) in [6, 6.07) is 16.5. The molecule has 0 spiro atoms.